The van der Waals surface area contributed by atoms with Crippen LogP contribution in [0.1, 0.15) is 38.3 Å². The van der Waals surface area contributed by atoms with Crippen molar-refractivity contribution in [1.29, 1.82) is 0 Å². The number of rotatable bonds is 7. The maximum Gasteiger partial charge on any atom is 0.311 e. The van der Waals surface area contributed by atoms with Crippen LogP contribution < -0.4 is 4.74 Å². The molecule has 2 fully saturated rings. The number of amides is 1. The monoisotopic (exact) mass is 520 g/mol. The number of nitro benzene ring substituents is 1. The molecule has 1 saturated carbocycles. The van der Waals surface area contributed by atoms with Gasteiger partial charge in [-0.1, -0.05) is 55.0 Å². The van der Waals surface area contributed by atoms with Crippen molar-refractivity contribution < 1.29 is 14.5 Å². The van der Waals surface area contributed by atoms with Crippen LogP contribution in [-0.2, 0) is 4.79 Å². The van der Waals surface area contributed by atoms with Gasteiger partial charge in [0.25, 0.3) is 5.91 Å². The fourth-order valence-electron chi connectivity index (χ4n) is 4.60. The zero-order valence-electron chi connectivity index (χ0n) is 19.6. The first-order chi connectivity index (χ1) is 17.5. The number of thiocarbonyl (C=S) groups is 1. The summed E-state index contributed by atoms with van der Waals surface area (Å²) in [6.45, 7) is 2.10. The van der Waals surface area contributed by atoms with Crippen LogP contribution >= 0.6 is 24.0 Å². The van der Waals surface area contributed by atoms with Crippen molar-refractivity contribution in [2.75, 3.05) is 6.61 Å². The molecule has 1 amide bonds. The summed E-state index contributed by atoms with van der Waals surface area (Å²) in [5.41, 5.74) is 2.49. The summed E-state index contributed by atoms with van der Waals surface area (Å²) in [6.07, 6.45) is 5.98. The highest BCUT2D eigenvalue weighted by atomic mass is 32.2. The van der Waals surface area contributed by atoms with Crippen LogP contribution in [0.15, 0.2) is 59.5 Å². The van der Waals surface area contributed by atoms with Gasteiger partial charge < -0.3 is 4.74 Å². The van der Waals surface area contributed by atoms with Gasteiger partial charge in [-0.05, 0) is 56.2 Å². The van der Waals surface area contributed by atoms with E-state index in [4.69, 9.17) is 22.1 Å². The zero-order chi connectivity index (χ0) is 25.2. The minimum absolute atomic E-state index is 0.0732. The van der Waals surface area contributed by atoms with E-state index in [1.54, 1.807) is 34.7 Å². The van der Waals surface area contributed by atoms with Gasteiger partial charge in [-0.15, -0.1) is 0 Å². The molecule has 184 valence electrons. The minimum atomic E-state index is -0.460. The second kappa shape index (κ2) is 10.2. The summed E-state index contributed by atoms with van der Waals surface area (Å²) >= 11 is 6.87. The first-order valence-corrected chi connectivity index (χ1v) is 13.0. The van der Waals surface area contributed by atoms with E-state index < -0.39 is 4.92 Å². The molecule has 0 N–H and O–H groups in total. The number of thioether (sulfide) groups is 1. The normalized spacial score (nSPS) is 17.4. The number of benzene rings is 2. The molecular weight excluding hydrogens is 496 g/mol. The maximum absolute atomic E-state index is 13.3. The Balaban J connectivity index is 1.57. The van der Waals surface area contributed by atoms with Gasteiger partial charge in [0.2, 0.25) is 0 Å². The Morgan fingerprint density at radius 3 is 2.64 bits per heavy atom. The SMILES string of the molecule is CCOc1ccc(-c2cc(/C=C3/SC(=S)N(C4CCCC4)C3=O)n(-c3ccccc3)n2)cc1[N+](=O)[O-]. The Bertz CT molecular complexity index is 1360. The van der Waals surface area contributed by atoms with Gasteiger partial charge >= 0.3 is 5.69 Å². The van der Waals surface area contributed by atoms with Gasteiger partial charge in [0, 0.05) is 17.7 Å². The molecule has 1 aliphatic heterocycles. The van der Waals surface area contributed by atoms with Crippen LogP contribution in [-0.4, -0.2) is 42.5 Å². The lowest BCUT2D eigenvalue weighted by atomic mass is 10.1. The van der Waals surface area contributed by atoms with E-state index in [-0.39, 0.29) is 23.4 Å². The number of carbonyl (C=O) groups is 1. The van der Waals surface area contributed by atoms with Gasteiger partial charge in [0.15, 0.2) is 5.75 Å². The molecule has 0 bridgehead atoms. The van der Waals surface area contributed by atoms with Gasteiger partial charge in [-0.3, -0.25) is 19.8 Å². The second-order valence-corrected chi connectivity index (χ2v) is 10.2. The Morgan fingerprint density at radius 1 is 1.19 bits per heavy atom. The summed E-state index contributed by atoms with van der Waals surface area (Å²) in [5.74, 6) is 0.139. The van der Waals surface area contributed by atoms with Crippen molar-refractivity contribution in [3.8, 4) is 22.7 Å². The Kier molecular flexibility index (Phi) is 6.88. The van der Waals surface area contributed by atoms with E-state index in [0.717, 1.165) is 31.4 Å². The van der Waals surface area contributed by atoms with Crippen LogP contribution in [0.2, 0.25) is 0 Å². The smallest absolute Gasteiger partial charge is 0.311 e. The Morgan fingerprint density at radius 2 is 1.94 bits per heavy atom. The summed E-state index contributed by atoms with van der Waals surface area (Å²) in [4.78, 5) is 26.8. The molecule has 2 heterocycles. The number of aromatic nitrogens is 2. The van der Waals surface area contributed by atoms with Crippen molar-refractivity contribution in [2.24, 2.45) is 0 Å². The third kappa shape index (κ3) is 4.66. The average Bonchev–Trinajstić information content (AvgIpc) is 3.60. The lowest BCUT2D eigenvalue weighted by molar-refractivity contribution is -0.385. The number of hydrogen-bond donors (Lipinski definition) is 0. The third-order valence-corrected chi connectivity index (χ3v) is 7.61. The largest absolute Gasteiger partial charge is 0.487 e. The Labute approximate surface area is 218 Å². The molecule has 10 heteroatoms. The molecule has 1 aromatic heterocycles. The summed E-state index contributed by atoms with van der Waals surface area (Å²) < 4.78 is 7.74. The Hall–Kier alpha value is -3.50. The molecule has 8 nitrogen and oxygen atoms in total. The van der Waals surface area contributed by atoms with Crippen molar-refractivity contribution in [1.82, 2.24) is 14.7 Å². The number of para-hydroxylation sites is 1. The van der Waals surface area contributed by atoms with Gasteiger partial charge in [-0.2, -0.15) is 5.10 Å². The number of nitrogens with zero attached hydrogens (tertiary/aromatic N) is 4. The second-order valence-electron chi connectivity index (χ2n) is 8.56. The zero-order valence-corrected chi connectivity index (χ0v) is 21.3. The predicted molar refractivity (Wildman–Crippen MR) is 144 cm³/mol. The van der Waals surface area contributed by atoms with Crippen LogP contribution in [0.3, 0.4) is 0 Å². The molecule has 0 radical (unpaired) electrons. The topological polar surface area (TPSA) is 90.5 Å². The van der Waals surface area contributed by atoms with Crippen molar-refractivity contribution >= 4 is 46.0 Å². The first-order valence-electron chi connectivity index (χ1n) is 11.8. The van der Waals surface area contributed by atoms with Crippen molar-refractivity contribution in [3.63, 3.8) is 0 Å². The minimum Gasteiger partial charge on any atom is -0.487 e. The summed E-state index contributed by atoms with van der Waals surface area (Å²) in [6, 6.07) is 16.4. The summed E-state index contributed by atoms with van der Waals surface area (Å²) in [7, 11) is 0. The highest BCUT2D eigenvalue weighted by molar-refractivity contribution is 8.26. The van der Waals surface area contributed by atoms with Gasteiger partial charge in [0.05, 0.1) is 33.5 Å². The van der Waals surface area contributed by atoms with E-state index in [2.05, 4.69) is 0 Å². The predicted octanol–water partition coefficient (Wildman–Crippen LogP) is 5.99. The van der Waals surface area contributed by atoms with E-state index in [0.29, 0.717) is 32.8 Å². The fourth-order valence-corrected chi connectivity index (χ4v) is 5.99. The average molecular weight is 521 g/mol. The molecule has 5 rings (SSSR count). The number of carbonyl (C=O) groups excluding carboxylic acids is 1. The number of nitro groups is 1. The molecule has 2 aromatic carbocycles. The number of hydrogen-bond acceptors (Lipinski definition) is 7. The van der Waals surface area contributed by atoms with E-state index >= 15 is 0 Å². The van der Waals surface area contributed by atoms with Gasteiger partial charge in [-0.25, -0.2) is 4.68 Å². The third-order valence-electron chi connectivity index (χ3n) is 6.28. The van der Waals surface area contributed by atoms with Gasteiger partial charge in [0.1, 0.15) is 4.32 Å². The molecule has 2 aliphatic rings. The van der Waals surface area contributed by atoms with E-state index in [9.17, 15) is 14.9 Å². The molecule has 1 aliphatic carbocycles. The van der Waals surface area contributed by atoms with Crippen molar-refractivity contribution in [3.05, 3.63) is 75.3 Å². The molecule has 0 atom stereocenters. The molecular formula is C26H24N4O4S2. The molecule has 36 heavy (non-hydrogen) atoms. The highest BCUT2D eigenvalue weighted by Crippen LogP contribution is 2.39. The lowest BCUT2D eigenvalue weighted by Gasteiger charge is -2.21. The standard InChI is InChI=1S/C26H24N4O4S2/c1-2-34-23-13-12-17(14-22(23)30(32)33)21-15-20(29(27-21)19-10-4-3-5-11-19)16-24-25(31)28(26(35)36-24)18-8-6-7-9-18/h3-5,10-16,18H,2,6-9H2,1H3/b24-16+. The van der Waals surface area contributed by atoms with Crippen LogP contribution in [0, 0.1) is 10.1 Å². The molecule has 0 spiro atoms. The van der Waals surface area contributed by atoms with Crippen LogP contribution in [0.25, 0.3) is 23.0 Å². The molecule has 1 saturated heterocycles. The van der Waals surface area contributed by atoms with Crippen LogP contribution in [0.5, 0.6) is 5.75 Å². The van der Waals surface area contributed by atoms with E-state index in [1.807, 2.05) is 36.4 Å². The highest BCUT2D eigenvalue weighted by Gasteiger charge is 2.38. The molecule has 0 unspecified atom stereocenters. The van der Waals surface area contributed by atoms with Crippen molar-refractivity contribution in [2.45, 2.75) is 38.6 Å². The fraction of sp³-hybridized carbons (Fsp3) is 0.269. The quantitative estimate of drug-likeness (QED) is 0.164. The summed E-state index contributed by atoms with van der Waals surface area (Å²) in [5, 5.41) is 16.4. The maximum atomic E-state index is 13.3. The number of ether oxygens (including phenoxy) is 1. The molecule has 3 aromatic rings. The van der Waals surface area contributed by atoms with Crippen LogP contribution in [0.4, 0.5) is 5.69 Å². The first kappa shape index (κ1) is 24.2. The van der Waals surface area contributed by atoms with E-state index in [1.165, 1.54) is 17.8 Å². The lowest BCUT2D eigenvalue weighted by Crippen LogP contribution is -2.36.